The lowest BCUT2D eigenvalue weighted by molar-refractivity contribution is 0.0950. The summed E-state index contributed by atoms with van der Waals surface area (Å²) in [5.74, 6) is -0.686. The van der Waals surface area contributed by atoms with Crippen LogP contribution in [-0.4, -0.2) is 38.0 Å². The fraction of sp³-hybridized carbons (Fsp3) is 0.364. The Morgan fingerprint density at radius 3 is 2.81 bits per heavy atom. The summed E-state index contributed by atoms with van der Waals surface area (Å²) < 4.78 is 13.5. The Balaban J connectivity index is 2.62. The molecule has 1 aromatic carbocycles. The van der Waals surface area contributed by atoms with Crippen LogP contribution in [0.2, 0.25) is 0 Å². The molecule has 0 unspecified atom stereocenters. The summed E-state index contributed by atoms with van der Waals surface area (Å²) in [6, 6.07) is 4.05. The Kier molecular flexibility index (Phi) is 4.89. The molecular formula is C11H14BrFN2O. The van der Waals surface area contributed by atoms with Gasteiger partial charge < -0.3 is 10.2 Å². The van der Waals surface area contributed by atoms with Crippen molar-refractivity contribution in [1.82, 2.24) is 10.2 Å². The standard InChI is InChI=1S/C11H14BrFN2O/c1-15(2)6-5-14-11(16)9-7-8(13)3-4-10(9)12/h3-4,7H,5-6H2,1-2H3,(H,14,16). The van der Waals surface area contributed by atoms with Gasteiger partial charge in [0.2, 0.25) is 0 Å². The van der Waals surface area contributed by atoms with Gasteiger partial charge in [-0.05, 0) is 48.2 Å². The first-order valence-corrected chi connectivity index (χ1v) is 5.68. The third-order valence-corrected chi connectivity index (χ3v) is 2.71. The van der Waals surface area contributed by atoms with Gasteiger partial charge in [-0.3, -0.25) is 4.79 Å². The van der Waals surface area contributed by atoms with Crippen LogP contribution in [0.1, 0.15) is 10.4 Å². The van der Waals surface area contributed by atoms with Crippen LogP contribution >= 0.6 is 15.9 Å². The molecule has 0 saturated carbocycles. The molecular weight excluding hydrogens is 275 g/mol. The Morgan fingerprint density at radius 2 is 2.19 bits per heavy atom. The second kappa shape index (κ2) is 5.96. The lowest BCUT2D eigenvalue weighted by atomic mass is 10.2. The minimum absolute atomic E-state index is 0.270. The number of amides is 1. The summed E-state index contributed by atoms with van der Waals surface area (Å²) in [4.78, 5) is 13.6. The first kappa shape index (κ1) is 13.1. The second-order valence-corrected chi connectivity index (χ2v) is 4.54. The van der Waals surface area contributed by atoms with Gasteiger partial charge in [0, 0.05) is 17.6 Å². The number of nitrogens with zero attached hydrogens (tertiary/aromatic N) is 1. The van der Waals surface area contributed by atoms with E-state index in [1.54, 1.807) is 0 Å². The van der Waals surface area contributed by atoms with Crippen LogP contribution in [0, 0.1) is 5.82 Å². The van der Waals surface area contributed by atoms with E-state index in [1.165, 1.54) is 18.2 Å². The third-order valence-electron chi connectivity index (χ3n) is 2.02. The zero-order valence-corrected chi connectivity index (χ0v) is 10.8. The van der Waals surface area contributed by atoms with E-state index in [4.69, 9.17) is 0 Å². The van der Waals surface area contributed by atoms with Crippen molar-refractivity contribution < 1.29 is 9.18 Å². The van der Waals surface area contributed by atoms with Gasteiger partial charge in [-0.2, -0.15) is 0 Å². The second-order valence-electron chi connectivity index (χ2n) is 3.68. The Morgan fingerprint density at radius 1 is 1.50 bits per heavy atom. The van der Waals surface area contributed by atoms with E-state index >= 15 is 0 Å². The molecule has 1 N–H and O–H groups in total. The van der Waals surface area contributed by atoms with Gasteiger partial charge in [-0.15, -0.1) is 0 Å². The minimum atomic E-state index is -0.416. The topological polar surface area (TPSA) is 32.3 Å². The average molecular weight is 289 g/mol. The zero-order valence-electron chi connectivity index (χ0n) is 9.26. The Labute approximate surface area is 103 Å². The van der Waals surface area contributed by atoms with Crippen molar-refractivity contribution in [2.45, 2.75) is 0 Å². The van der Waals surface area contributed by atoms with Gasteiger partial charge in [-0.25, -0.2) is 4.39 Å². The van der Waals surface area contributed by atoms with Gasteiger partial charge in [0.05, 0.1) is 5.56 Å². The molecule has 0 radical (unpaired) electrons. The van der Waals surface area contributed by atoms with Crippen LogP contribution in [0.4, 0.5) is 4.39 Å². The lowest BCUT2D eigenvalue weighted by Gasteiger charge is -2.11. The average Bonchev–Trinajstić information content (AvgIpc) is 2.21. The molecule has 1 rings (SSSR count). The molecule has 0 heterocycles. The molecule has 0 aliphatic carbocycles. The number of halogens is 2. The van der Waals surface area contributed by atoms with Crippen LogP contribution < -0.4 is 5.32 Å². The van der Waals surface area contributed by atoms with Gasteiger partial charge >= 0.3 is 0 Å². The number of likely N-dealkylation sites (N-methyl/N-ethyl adjacent to an activating group) is 1. The van der Waals surface area contributed by atoms with E-state index in [0.29, 0.717) is 16.6 Å². The molecule has 1 aromatic rings. The molecule has 3 nitrogen and oxygen atoms in total. The molecule has 0 atom stereocenters. The first-order chi connectivity index (χ1) is 7.50. The molecule has 5 heteroatoms. The smallest absolute Gasteiger partial charge is 0.252 e. The molecule has 0 spiro atoms. The fourth-order valence-corrected chi connectivity index (χ4v) is 1.59. The van der Waals surface area contributed by atoms with E-state index in [-0.39, 0.29) is 5.91 Å². The maximum absolute atomic E-state index is 12.9. The monoisotopic (exact) mass is 288 g/mol. The zero-order chi connectivity index (χ0) is 12.1. The maximum Gasteiger partial charge on any atom is 0.252 e. The highest BCUT2D eigenvalue weighted by atomic mass is 79.9. The highest BCUT2D eigenvalue weighted by Crippen LogP contribution is 2.17. The predicted molar refractivity (Wildman–Crippen MR) is 65.0 cm³/mol. The van der Waals surface area contributed by atoms with Crippen LogP contribution in [0.15, 0.2) is 22.7 Å². The van der Waals surface area contributed by atoms with Gasteiger partial charge in [0.15, 0.2) is 0 Å². The summed E-state index contributed by atoms with van der Waals surface area (Å²) in [5.41, 5.74) is 0.318. The highest BCUT2D eigenvalue weighted by molar-refractivity contribution is 9.10. The lowest BCUT2D eigenvalue weighted by Crippen LogP contribution is -2.31. The maximum atomic E-state index is 12.9. The van der Waals surface area contributed by atoms with Crippen LogP contribution in [0.25, 0.3) is 0 Å². The number of carbonyl (C=O) groups is 1. The summed E-state index contributed by atoms with van der Waals surface area (Å²) >= 11 is 3.21. The quantitative estimate of drug-likeness (QED) is 0.918. The van der Waals surface area contributed by atoms with Crippen LogP contribution in [0.3, 0.4) is 0 Å². The number of benzene rings is 1. The van der Waals surface area contributed by atoms with E-state index in [2.05, 4.69) is 21.2 Å². The van der Waals surface area contributed by atoms with Crippen molar-refractivity contribution in [3.63, 3.8) is 0 Å². The number of hydrogen-bond donors (Lipinski definition) is 1. The first-order valence-electron chi connectivity index (χ1n) is 4.88. The fourth-order valence-electron chi connectivity index (χ4n) is 1.16. The summed E-state index contributed by atoms with van der Waals surface area (Å²) in [6.45, 7) is 1.29. The number of hydrogen-bond acceptors (Lipinski definition) is 2. The largest absolute Gasteiger partial charge is 0.351 e. The normalized spacial score (nSPS) is 10.6. The summed E-state index contributed by atoms with van der Waals surface area (Å²) in [6.07, 6.45) is 0. The number of nitrogens with one attached hydrogen (secondary N) is 1. The van der Waals surface area contributed by atoms with Gasteiger partial charge in [0.1, 0.15) is 5.82 Å². The van der Waals surface area contributed by atoms with E-state index in [9.17, 15) is 9.18 Å². The molecule has 0 bridgehead atoms. The highest BCUT2D eigenvalue weighted by Gasteiger charge is 2.10. The Hall–Kier alpha value is -0.940. The predicted octanol–water partition coefficient (Wildman–Crippen LogP) is 1.88. The van der Waals surface area contributed by atoms with Crippen molar-refractivity contribution in [2.24, 2.45) is 0 Å². The van der Waals surface area contributed by atoms with Crippen molar-refractivity contribution in [1.29, 1.82) is 0 Å². The van der Waals surface area contributed by atoms with E-state index in [1.807, 2.05) is 19.0 Å². The number of carbonyl (C=O) groups excluding carboxylic acids is 1. The van der Waals surface area contributed by atoms with Crippen molar-refractivity contribution in [3.05, 3.63) is 34.1 Å². The molecule has 0 saturated heterocycles. The van der Waals surface area contributed by atoms with Gasteiger partial charge in [0.25, 0.3) is 5.91 Å². The Bertz CT molecular complexity index is 382. The van der Waals surface area contributed by atoms with Crippen molar-refractivity contribution >= 4 is 21.8 Å². The van der Waals surface area contributed by atoms with E-state index < -0.39 is 5.82 Å². The summed E-state index contributed by atoms with van der Waals surface area (Å²) in [5, 5.41) is 2.72. The SMILES string of the molecule is CN(C)CCNC(=O)c1cc(F)ccc1Br. The van der Waals surface area contributed by atoms with Crippen LogP contribution in [-0.2, 0) is 0 Å². The summed E-state index contributed by atoms with van der Waals surface area (Å²) in [7, 11) is 3.84. The van der Waals surface area contributed by atoms with E-state index in [0.717, 1.165) is 6.54 Å². The van der Waals surface area contributed by atoms with Crippen molar-refractivity contribution in [2.75, 3.05) is 27.2 Å². The molecule has 88 valence electrons. The minimum Gasteiger partial charge on any atom is -0.351 e. The number of rotatable bonds is 4. The van der Waals surface area contributed by atoms with Crippen molar-refractivity contribution in [3.8, 4) is 0 Å². The van der Waals surface area contributed by atoms with Gasteiger partial charge in [-0.1, -0.05) is 0 Å². The molecule has 0 aliphatic rings. The molecule has 1 amide bonds. The van der Waals surface area contributed by atoms with Crippen LogP contribution in [0.5, 0.6) is 0 Å². The molecule has 0 fully saturated rings. The molecule has 0 aliphatic heterocycles. The molecule has 0 aromatic heterocycles. The third kappa shape index (κ3) is 3.90. The molecule has 16 heavy (non-hydrogen) atoms.